The molecule has 1 aromatic carbocycles. The van der Waals surface area contributed by atoms with Crippen molar-refractivity contribution in [1.29, 1.82) is 0 Å². The molecule has 0 spiro atoms. The minimum Gasteiger partial charge on any atom is -0.388 e. The zero-order valence-corrected chi connectivity index (χ0v) is 7.66. The van der Waals surface area contributed by atoms with Gasteiger partial charge in [-0.1, -0.05) is 17.3 Å². The molecule has 0 saturated heterocycles. The molecule has 0 bridgehead atoms. The number of benzene rings is 1. The normalized spacial score (nSPS) is 20.3. The van der Waals surface area contributed by atoms with Crippen LogP contribution in [0, 0.1) is 0 Å². The van der Waals surface area contributed by atoms with E-state index in [-0.39, 0.29) is 6.10 Å². The predicted molar refractivity (Wildman–Crippen MR) is 48.4 cm³/mol. The maximum atomic E-state index is 12.4. The summed E-state index contributed by atoms with van der Waals surface area (Å²) < 4.78 is 37.1. The van der Waals surface area contributed by atoms with Gasteiger partial charge in [-0.3, -0.25) is 0 Å². The number of oxime groups is 1. The van der Waals surface area contributed by atoms with Crippen LogP contribution in [0.2, 0.25) is 0 Å². The number of alkyl halides is 3. The number of hydrogen-bond donors (Lipinski definition) is 0. The fraction of sp³-hybridized carbons (Fsp3) is 0.300. The first-order valence-electron chi connectivity index (χ1n) is 4.42. The van der Waals surface area contributed by atoms with Crippen molar-refractivity contribution >= 4 is 6.21 Å². The Labute approximate surface area is 84.3 Å². The number of halogens is 3. The standard InChI is InChI=1S/C10H8F3NO/c11-10(12,13)8-3-1-2-7(6-8)9-4-5-14-15-9/h1-3,5-6,9H,4H2. The van der Waals surface area contributed by atoms with Gasteiger partial charge >= 0.3 is 6.18 Å². The van der Waals surface area contributed by atoms with Gasteiger partial charge < -0.3 is 4.84 Å². The summed E-state index contributed by atoms with van der Waals surface area (Å²) in [6.07, 6.45) is -2.63. The van der Waals surface area contributed by atoms with Gasteiger partial charge in [-0.05, 0) is 17.7 Å². The Kier molecular flexibility index (Phi) is 2.38. The van der Waals surface area contributed by atoms with Gasteiger partial charge in [-0.2, -0.15) is 13.2 Å². The van der Waals surface area contributed by atoms with E-state index >= 15 is 0 Å². The largest absolute Gasteiger partial charge is 0.416 e. The minimum atomic E-state index is -4.31. The van der Waals surface area contributed by atoms with Crippen molar-refractivity contribution < 1.29 is 18.0 Å². The molecule has 1 aromatic rings. The fourth-order valence-electron chi connectivity index (χ4n) is 1.41. The van der Waals surface area contributed by atoms with Crippen molar-refractivity contribution in [3.8, 4) is 0 Å². The summed E-state index contributed by atoms with van der Waals surface area (Å²) in [5.41, 5.74) is -0.155. The molecule has 1 aliphatic rings. The molecular weight excluding hydrogens is 207 g/mol. The lowest BCUT2D eigenvalue weighted by Gasteiger charge is -2.11. The summed E-state index contributed by atoms with van der Waals surface area (Å²) in [5.74, 6) is 0. The Balaban J connectivity index is 2.26. The molecule has 0 fully saturated rings. The maximum Gasteiger partial charge on any atom is 0.416 e. The van der Waals surface area contributed by atoms with E-state index < -0.39 is 11.7 Å². The smallest absolute Gasteiger partial charge is 0.388 e. The molecule has 2 rings (SSSR count). The van der Waals surface area contributed by atoms with E-state index in [0.29, 0.717) is 12.0 Å². The van der Waals surface area contributed by atoms with Crippen LogP contribution in [-0.4, -0.2) is 6.21 Å². The molecule has 5 heteroatoms. The second kappa shape index (κ2) is 3.56. The van der Waals surface area contributed by atoms with Crippen LogP contribution in [-0.2, 0) is 11.0 Å². The molecule has 1 heterocycles. The highest BCUT2D eigenvalue weighted by Crippen LogP contribution is 2.32. The van der Waals surface area contributed by atoms with Crippen molar-refractivity contribution in [2.45, 2.75) is 18.7 Å². The van der Waals surface area contributed by atoms with Gasteiger partial charge in [-0.15, -0.1) is 0 Å². The molecule has 0 radical (unpaired) electrons. The highest BCUT2D eigenvalue weighted by molar-refractivity contribution is 5.59. The molecule has 0 saturated carbocycles. The van der Waals surface area contributed by atoms with E-state index in [1.54, 1.807) is 12.3 Å². The molecule has 0 aliphatic carbocycles. The lowest BCUT2D eigenvalue weighted by molar-refractivity contribution is -0.137. The summed E-state index contributed by atoms with van der Waals surface area (Å²) >= 11 is 0. The van der Waals surface area contributed by atoms with Crippen LogP contribution in [0.1, 0.15) is 23.7 Å². The Bertz CT molecular complexity index is 378. The van der Waals surface area contributed by atoms with Crippen LogP contribution in [0.5, 0.6) is 0 Å². The number of nitrogens with zero attached hydrogens (tertiary/aromatic N) is 1. The molecule has 0 aromatic heterocycles. The van der Waals surface area contributed by atoms with Crippen molar-refractivity contribution in [2.75, 3.05) is 0 Å². The van der Waals surface area contributed by atoms with Crippen LogP contribution >= 0.6 is 0 Å². The van der Waals surface area contributed by atoms with Crippen molar-refractivity contribution in [2.24, 2.45) is 5.16 Å². The van der Waals surface area contributed by atoms with Gasteiger partial charge in [0.2, 0.25) is 0 Å². The molecule has 15 heavy (non-hydrogen) atoms. The van der Waals surface area contributed by atoms with E-state index in [9.17, 15) is 13.2 Å². The Morgan fingerprint density at radius 3 is 2.73 bits per heavy atom. The van der Waals surface area contributed by atoms with E-state index in [1.165, 1.54) is 6.07 Å². The first-order chi connectivity index (χ1) is 7.07. The Morgan fingerprint density at radius 1 is 1.33 bits per heavy atom. The van der Waals surface area contributed by atoms with Crippen LogP contribution in [0.4, 0.5) is 13.2 Å². The van der Waals surface area contributed by atoms with Crippen molar-refractivity contribution in [3.63, 3.8) is 0 Å². The summed E-state index contributed by atoms with van der Waals surface area (Å²) in [6.45, 7) is 0. The van der Waals surface area contributed by atoms with Gasteiger partial charge in [0, 0.05) is 12.6 Å². The summed E-state index contributed by atoms with van der Waals surface area (Å²) in [6, 6.07) is 5.12. The van der Waals surface area contributed by atoms with Crippen LogP contribution < -0.4 is 0 Å². The molecule has 2 nitrogen and oxygen atoms in total. The minimum absolute atomic E-state index is 0.382. The first-order valence-corrected chi connectivity index (χ1v) is 4.42. The fourth-order valence-corrected chi connectivity index (χ4v) is 1.41. The molecular formula is C10H8F3NO. The quantitative estimate of drug-likeness (QED) is 0.705. The highest BCUT2D eigenvalue weighted by atomic mass is 19.4. The first kappa shape index (κ1) is 10.0. The van der Waals surface area contributed by atoms with Crippen molar-refractivity contribution in [3.05, 3.63) is 35.4 Å². The summed E-state index contributed by atoms with van der Waals surface area (Å²) in [7, 11) is 0. The van der Waals surface area contributed by atoms with E-state index in [2.05, 4.69) is 5.16 Å². The van der Waals surface area contributed by atoms with Gasteiger partial charge in [-0.25, -0.2) is 0 Å². The van der Waals surface area contributed by atoms with E-state index in [4.69, 9.17) is 4.84 Å². The molecule has 80 valence electrons. The van der Waals surface area contributed by atoms with Crippen molar-refractivity contribution in [1.82, 2.24) is 0 Å². The lowest BCUT2D eigenvalue weighted by atomic mass is 10.0. The topological polar surface area (TPSA) is 21.6 Å². The third-order valence-corrected chi connectivity index (χ3v) is 2.17. The van der Waals surface area contributed by atoms with Gasteiger partial charge in [0.05, 0.1) is 5.56 Å². The van der Waals surface area contributed by atoms with E-state index in [0.717, 1.165) is 12.1 Å². The number of rotatable bonds is 1. The van der Waals surface area contributed by atoms with E-state index in [1.807, 2.05) is 0 Å². The molecule has 1 unspecified atom stereocenters. The third-order valence-electron chi connectivity index (χ3n) is 2.17. The molecule has 1 atom stereocenters. The van der Waals surface area contributed by atoms with Crippen LogP contribution in [0.15, 0.2) is 29.4 Å². The summed E-state index contributed by atoms with van der Waals surface area (Å²) in [4.78, 5) is 4.91. The summed E-state index contributed by atoms with van der Waals surface area (Å²) in [5, 5.41) is 3.53. The second-order valence-electron chi connectivity index (χ2n) is 3.24. The zero-order chi connectivity index (χ0) is 10.9. The van der Waals surface area contributed by atoms with Crippen LogP contribution in [0.3, 0.4) is 0 Å². The average Bonchev–Trinajstić information content (AvgIpc) is 2.69. The molecule has 0 amide bonds. The number of hydrogen-bond acceptors (Lipinski definition) is 2. The van der Waals surface area contributed by atoms with Gasteiger partial charge in [0.25, 0.3) is 0 Å². The Hall–Kier alpha value is -1.52. The second-order valence-corrected chi connectivity index (χ2v) is 3.24. The zero-order valence-electron chi connectivity index (χ0n) is 7.66. The molecule has 0 N–H and O–H groups in total. The Morgan fingerprint density at radius 2 is 2.13 bits per heavy atom. The molecule has 1 aliphatic heterocycles. The monoisotopic (exact) mass is 215 g/mol. The maximum absolute atomic E-state index is 12.4. The van der Waals surface area contributed by atoms with Crippen LogP contribution in [0.25, 0.3) is 0 Å². The third kappa shape index (κ3) is 2.11. The highest BCUT2D eigenvalue weighted by Gasteiger charge is 2.31. The average molecular weight is 215 g/mol. The van der Waals surface area contributed by atoms with Gasteiger partial charge in [0.15, 0.2) is 6.10 Å². The van der Waals surface area contributed by atoms with Gasteiger partial charge in [0.1, 0.15) is 0 Å². The predicted octanol–water partition coefficient (Wildman–Crippen LogP) is 3.15. The SMILES string of the molecule is FC(F)(F)c1cccc(C2CC=NO2)c1. The lowest BCUT2D eigenvalue weighted by Crippen LogP contribution is -2.06.